The molecular weight excluding hydrogens is 228 g/mol. The van der Waals surface area contributed by atoms with Gasteiger partial charge in [0.15, 0.2) is 5.03 Å². The van der Waals surface area contributed by atoms with Crippen LogP contribution in [0.3, 0.4) is 0 Å². The highest BCUT2D eigenvalue weighted by atomic mass is 32.2. The molecule has 0 bridgehead atoms. The van der Waals surface area contributed by atoms with E-state index in [1.54, 1.807) is 6.92 Å². The Morgan fingerprint density at radius 1 is 1.62 bits per heavy atom. The average molecular weight is 246 g/mol. The first kappa shape index (κ1) is 13.1. The molecule has 0 aliphatic rings. The summed E-state index contributed by atoms with van der Waals surface area (Å²) in [7, 11) is -3.52. The van der Waals surface area contributed by atoms with Crippen LogP contribution in [0.15, 0.2) is 11.2 Å². The number of nitrogens with two attached hydrogens (primary N) is 1. The average Bonchev–Trinajstić information content (AvgIpc) is 2.64. The molecule has 0 saturated heterocycles. The first-order chi connectivity index (χ1) is 7.49. The van der Waals surface area contributed by atoms with Gasteiger partial charge in [-0.15, -0.1) is 0 Å². The number of aryl methyl sites for hydroxylation is 1. The van der Waals surface area contributed by atoms with Gasteiger partial charge in [-0.1, -0.05) is 13.3 Å². The number of nitrogens with one attached hydrogen (secondary N) is 2. The van der Waals surface area contributed by atoms with Crippen LogP contribution in [0.4, 0.5) is 0 Å². The van der Waals surface area contributed by atoms with E-state index in [1.165, 1.54) is 6.20 Å². The van der Waals surface area contributed by atoms with Gasteiger partial charge in [-0.2, -0.15) is 0 Å². The summed E-state index contributed by atoms with van der Waals surface area (Å²) < 4.78 is 26.3. The molecule has 0 radical (unpaired) electrons. The van der Waals surface area contributed by atoms with Crippen LogP contribution in [-0.2, 0) is 10.0 Å². The van der Waals surface area contributed by atoms with Crippen LogP contribution in [0.25, 0.3) is 0 Å². The molecule has 16 heavy (non-hydrogen) atoms. The van der Waals surface area contributed by atoms with E-state index in [0.717, 1.165) is 12.8 Å². The normalized spacial score (nSPS) is 13.9. The van der Waals surface area contributed by atoms with Crippen molar-refractivity contribution in [3.63, 3.8) is 0 Å². The molecule has 0 aliphatic heterocycles. The van der Waals surface area contributed by atoms with Crippen molar-refractivity contribution >= 4 is 10.0 Å². The minimum atomic E-state index is -3.52. The van der Waals surface area contributed by atoms with E-state index in [1.807, 2.05) is 6.92 Å². The van der Waals surface area contributed by atoms with E-state index in [-0.39, 0.29) is 11.1 Å². The third-order valence-electron chi connectivity index (χ3n) is 2.21. The number of aromatic amines is 1. The summed E-state index contributed by atoms with van der Waals surface area (Å²) in [6, 6.07) is -0.224. The fourth-order valence-corrected chi connectivity index (χ4v) is 2.64. The second-order valence-corrected chi connectivity index (χ2v) is 5.36. The van der Waals surface area contributed by atoms with Gasteiger partial charge in [0.05, 0.1) is 6.20 Å². The Labute approximate surface area is 95.7 Å². The molecule has 7 heteroatoms. The number of sulfonamides is 1. The molecule has 1 rings (SSSR count). The predicted molar refractivity (Wildman–Crippen MR) is 61.4 cm³/mol. The zero-order valence-corrected chi connectivity index (χ0v) is 10.3. The lowest BCUT2D eigenvalue weighted by Crippen LogP contribution is -2.40. The fourth-order valence-electron chi connectivity index (χ4n) is 1.39. The maximum absolute atomic E-state index is 11.9. The second-order valence-electron chi connectivity index (χ2n) is 3.68. The van der Waals surface area contributed by atoms with Crippen molar-refractivity contribution in [2.24, 2.45) is 5.73 Å². The molecule has 1 aromatic rings. The number of rotatable bonds is 6. The molecule has 0 saturated carbocycles. The second kappa shape index (κ2) is 5.42. The lowest BCUT2D eigenvalue weighted by molar-refractivity contribution is 0.525. The third kappa shape index (κ3) is 3.29. The minimum absolute atomic E-state index is 0.0829. The van der Waals surface area contributed by atoms with Crippen molar-refractivity contribution in [3.8, 4) is 0 Å². The highest BCUT2D eigenvalue weighted by molar-refractivity contribution is 7.89. The molecule has 1 unspecified atom stereocenters. The molecule has 6 nitrogen and oxygen atoms in total. The standard InChI is InChI=1S/C9H18N4O2S/c1-3-4-8(5-10)13-16(14,15)9-6-11-7(2)12-9/h6,8,13H,3-5,10H2,1-2H3,(H,11,12). The van der Waals surface area contributed by atoms with E-state index in [2.05, 4.69) is 14.7 Å². The Kier molecular flexibility index (Phi) is 4.45. The third-order valence-corrected chi connectivity index (χ3v) is 3.64. The SMILES string of the molecule is CCCC(CN)NS(=O)(=O)c1cnc(C)[nH]1. The van der Waals surface area contributed by atoms with Gasteiger partial charge in [-0.05, 0) is 13.3 Å². The fraction of sp³-hybridized carbons (Fsp3) is 0.667. The van der Waals surface area contributed by atoms with E-state index in [9.17, 15) is 8.42 Å². The van der Waals surface area contributed by atoms with Crippen LogP contribution in [0.5, 0.6) is 0 Å². The smallest absolute Gasteiger partial charge is 0.257 e. The van der Waals surface area contributed by atoms with Crippen molar-refractivity contribution in [2.75, 3.05) is 6.54 Å². The topological polar surface area (TPSA) is 101 Å². The van der Waals surface area contributed by atoms with E-state index < -0.39 is 10.0 Å². The number of hydrogen-bond donors (Lipinski definition) is 3. The van der Waals surface area contributed by atoms with Crippen molar-refractivity contribution in [2.45, 2.75) is 37.8 Å². The number of hydrogen-bond acceptors (Lipinski definition) is 4. The lowest BCUT2D eigenvalue weighted by atomic mass is 10.2. The van der Waals surface area contributed by atoms with Gasteiger partial charge in [0.1, 0.15) is 5.82 Å². The lowest BCUT2D eigenvalue weighted by Gasteiger charge is -2.14. The maximum Gasteiger partial charge on any atom is 0.257 e. The molecule has 92 valence electrons. The highest BCUT2D eigenvalue weighted by Gasteiger charge is 2.20. The van der Waals surface area contributed by atoms with Gasteiger partial charge < -0.3 is 10.7 Å². The Morgan fingerprint density at radius 2 is 2.31 bits per heavy atom. The van der Waals surface area contributed by atoms with Crippen LogP contribution >= 0.6 is 0 Å². The Bertz CT molecular complexity index is 426. The summed E-state index contributed by atoms with van der Waals surface area (Å²) in [5, 5.41) is 0.0829. The molecule has 0 amide bonds. The largest absolute Gasteiger partial charge is 0.332 e. The molecule has 1 heterocycles. The maximum atomic E-state index is 11.9. The highest BCUT2D eigenvalue weighted by Crippen LogP contribution is 2.07. The van der Waals surface area contributed by atoms with E-state index >= 15 is 0 Å². The molecule has 1 atom stereocenters. The summed E-state index contributed by atoms with van der Waals surface area (Å²) in [6.07, 6.45) is 2.91. The van der Waals surface area contributed by atoms with Crippen LogP contribution in [0.2, 0.25) is 0 Å². The van der Waals surface area contributed by atoms with E-state index in [0.29, 0.717) is 12.4 Å². The molecular formula is C9H18N4O2S. The zero-order chi connectivity index (χ0) is 12.2. The predicted octanol–water partition coefficient (Wildman–Crippen LogP) is 0.124. The number of aromatic nitrogens is 2. The van der Waals surface area contributed by atoms with Gasteiger partial charge in [-0.25, -0.2) is 18.1 Å². The molecule has 0 spiro atoms. The monoisotopic (exact) mass is 246 g/mol. The number of nitrogens with zero attached hydrogens (tertiary/aromatic N) is 1. The van der Waals surface area contributed by atoms with Crippen molar-refractivity contribution in [1.29, 1.82) is 0 Å². The number of imidazole rings is 1. The van der Waals surface area contributed by atoms with Crippen LogP contribution in [0.1, 0.15) is 25.6 Å². The Morgan fingerprint density at radius 3 is 2.75 bits per heavy atom. The molecule has 1 aromatic heterocycles. The minimum Gasteiger partial charge on any atom is -0.332 e. The molecule has 0 aliphatic carbocycles. The van der Waals surface area contributed by atoms with Crippen LogP contribution < -0.4 is 10.5 Å². The van der Waals surface area contributed by atoms with Crippen molar-refractivity contribution < 1.29 is 8.42 Å². The summed E-state index contributed by atoms with van der Waals surface area (Å²) in [5.41, 5.74) is 5.50. The van der Waals surface area contributed by atoms with Gasteiger partial charge >= 0.3 is 0 Å². The van der Waals surface area contributed by atoms with Gasteiger partial charge in [-0.3, -0.25) is 0 Å². The van der Waals surface area contributed by atoms with Crippen LogP contribution in [0, 0.1) is 6.92 Å². The molecule has 0 fully saturated rings. The van der Waals surface area contributed by atoms with Crippen molar-refractivity contribution in [3.05, 3.63) is 12.0 Å². The molecule has 4 N–H and O–H groups in total. The first-order valence-corrected chi connectivity index (χ1v) is 6.72. The van der Waals surface area contributed by atoms with E-state index in [4.69, 9.17) is 5.73 Å². The summed E-state index contributed by atoms with van der Waals surface area (Å²) >= 11 is 0. The molecule has 0 aromatic carbocycles. The van der Waals surface area contributed by atoms with Gasteiger partial charge in [0, 0.05) is 12.6 Å². The Balaban J connectivity index is 2.78. The first-order valence-electron chi connectivity index (χ1n) is 5.23. The van der Waals surface area contributed by atoms with Gasteiger partial charge in [0.2, 0.25) is 0 Å². The summed E-state index contributed by atoms with van der Waals surface area (Å²) in [6.45, 7) is 3.98. The van der Waals surface area contributed by atoms with Gasteiger partial charge in [0.25, 0.3) is 10.0 Å². The van der Waals surface area contributed by atoms with Crippen molar-refractivity contribution in [1.82, 2.24) is 14.7 Å². The zero-order valence-electron chi connectivity index (χ0n) is 9.53. The quantitative estimate of drug-likeness (QED) is 0.663. The van der Waals surface area contributed by atoms with Crippen LogP contribution in [-0.4, -0.2) is 31.0 Å². The summed E-state index contributed by atoms with van der Waals surface area (Å²) in [4.78, 5) is 6.54. The Hall–Kier alpha value is -0.920. The summed E-state index contributed by atoms with van der Waals surface area (Å²) in [5.74, 6) is 0.570. The number of H-pyrrole nitrogens is 1.